The van der Waals surface area contributed by atoms with Crippen LogP contribution >= 0.6 is 0 Å². The van der Waals surface area contributed by atoms with Crippen LogP contribution in [0.2, 0.25) is 0 Å². The fourth-order valence-electron chi connectivity index (χ4n) is 1.78. The number of esters is 2. The molecule has 4 nitrogen and oxygen atoms in total. The molecule has 0 saturated carbocycles. The van der Waals surface area contributed by atoms with Crippen LogP contribution in [-0.2, 0) is 19.1 Å². The molecular weight excluding hydrogens is 208 g/mol. The van der Waals surface area contributed by atoms with Gasteiger partial charge in [-0.15, -0.1) is 0 Å². The fourth-order valence-corrected chi connectivity index (χ4v) is 1.78. The smallest absolute Gasteiger partial charge is 0.339 e. The van der Waals surface area contributed by atoms with Crippen LogP contribution < -0.4 is 0 Å². The number of carbonyl (C=O) groups excluding carboxylic acids is 2. The van der Waals surface area contributed by atoms with E-state index in [4.69, 9.17) is 9.47 Å². The van der Waals surface area contributed by atoms with Crippen molar-refractivity contribution in [1.82, 2.24) is 0 Å². The van der Waals surface area contributed by atoms with Crippen molar-refractivity contribution in [2.24, 2.45) is 0 Å². The van der Waals surface area contributed by atoms with Gasteiger partial charge in [-0.2, -0.15) is 0 Å². The van der Waals surface area contributed by atoms with Gasteiger partial charge >= 0.3 is 11.9 Å². The van der Waals surface area contributed by atoms with Crippen LogP contribution in [0.3, 0.4) is 0 Å². The van der Waals surface area contributed by atoms with Crippen LogP contribution in [0, 0.1) is 0 Å². The van der Waals surface area contributed by atoms with Crippen LogP contribution in [-0.4, -0.2) is 24.1 Å². The second-order valence-electron chi connectivity index (χ2n) is 3.86. The quantitative estimate of drug-likeness (QED) is 0.679. The average molecular weight is 222 g/mol. The number of rotatable bonds is 3. The molecule has 0 saturated heterocycles. The Morgan fingerprint density at radius 2 is 1.31 bits per heavy atom. The molecule has 2 heterocycles. The molecule has 0 aromatic carbocycles. The van der Waals surface area contributed by atoms with Gasteiger partial charge in [-0.25, -0.2) is 9.59 Å². The Morgan fingerprint density at radius 1 is 0.938 bits per heavy atom. The van der Waals surface area contributed by atoms with Gasteiger partial charge in [0.05, 0.1) is 11.1 Å². The normalized spacial score (nSPS) is 28.6. The van der Waals surface area contributed by atoms with Gasteiger partial charge in [0, 0.05) is 0 Å². The Balaban J connectivity index is 2.25. The van der Waals surface area contributed by atoms with Gasteiger partial charge in [-0.1, -0.05) is 13.8 Å². The van der Waals surface area contributed by atoms with E-state index in [2.05, 4.69) is 0 Å². The monoisotopic (exact) mass is 222 g/mol. The third-order valence-corrected chi connectivity index (χ3v) is 2.76. The molecule has 86 valence electrons. The Bertz CT molecular complexity index is 354. The third-order valence-electron chi connectivity index (χ3n) is 2.76. The molecule has 0 unspecified atom stereocenters. The molecule has 0 aromatic rings. The number of hydrogen-bond donors (Lipinski definition) is 0. The van der Waals surface area contributed by atoms with Gasteiger partial charge in [-0.05, 0) is 25.0 Å². The minimum Gasteiger partial charge on any atom is -0.455 e. The molecule has 4 heteroatoms. The summed E-state index contributed by atoms with van der Waals surface area (Å²) in [5.74, 6) is -0.849. The van der Waals surface area contributed by atoms with Crippen molar-refractivity contribution in [2.75, 3.05) is 0 Å². The molecule has 0 aliphatic carbocycles. The topological polar surface area (TPSA) is 52.6 Å². The van der Waals surface area contributed by atoms with E-state index in [1.54, 1.807) is 12.2 Å². The highest BCUT2D eigenvalue weighted by molar-refractivity contribution is 6.09. The lowest BCUT2D eigenvalue weighted by Crippen LogP contribution is -2.10. The van der Waals surface area contributed by atoms with Gasteiger partial charge in [0.2, 0.25) is 0 Å². The van der Waals surface area contributed by atoms with E-state index in [1.165, 1.54) is 0 Å². The van der Waals surface area contributed by atoms with Crippen molar-refractivity contribution in [3.63, 3.8) is 0 Å². The van der Waals surface area contributed by atoms with Crippen LogP contribution in [0.4, 0.5) is 0 Å². The molecule has 2 rings (SSSR count). The molecule has 0 aromatic heterocycles. The molecule has 0 amide bonds. The van der Waals surface area contributed by atoms with Crippen LogP contribution in [0.15, 0.2) is 23.3 Å². The third kappa shape index (κ3) is 1.75. The maximum Gasteiger partial charge on any atom is 0.339 e. The van der Waals surface area contributed by atoms with Crippen molar-refractivity contribution >= 4 is 11.9 Å². The summed E-state index contributed by atoms with van der Waals surface area (Å²) in [6.07, 6.45) is 4.42. The standard InChI is InChI=1S/C12H14O4/c1-3-7-5-9(11(13)15-7)10-6-8(4-2)16-12(10)14/h5-8H,3-4H2,1-2H3/t7-,8-/m0/s1. The zero-order valence-corrected chi connectivity index (χ0v) is 9.36. The van der Waals surface area contributed by atoms with Gasteiger partial charge in [0.25, 0.3) is 0 Å². The zero-order valence-electron chi connectivity index (χ0n) is 9.36. The summed E-state index contributed by atoms with van der Waals surface area (Å²) in [4.78, 5) is 23.1. The average Bonchev–Trinajstić information content (AvgIpc) is 2.81. The summed E-state index contributed by atoms with van der Waals surface area (Å²) < 4.78 is 10.1. The molecule has 0 radical (unpaired) electrons. The molecular formula is C12H14O4. The molecule has 0 fully saturated rings. The first-order valence-electron chi connectivity index (χ1n) is 5.51. The fraction of sp³-hybridized carbons (Fsp3) is 0.500. The first kappa shape index (κ1) is 10.9. The van der Waals surface area contributed by atoms with E-state index in [0.29, 0.717) is 11.1 Å². The Hall–Kier alpha value is -1.58. The zero-order chi connectivity index (χ0) is 11.7. The molecule has 2 atom stereocenters. The van der Waals surface area contributed by atoms with Gasteiger partial charge in [0.1, 0.15) is 12.2 Å². The van der Waals surface area contributed by atoms with Crippen molar-refractivity contribution in [2.45, 2.75) is 38.9 Å². The lowest BCUT2D eigenvalue weighted by Gasteiger charge is -2.02. The first-order chi connectivity index (χ1) is 7.65. The van der Waals surface area contributed by atoms with Gasteiger partial charge in [-0.3, -0.25) is 0 Å². The first-order valence-corrected chi connectivity index (χ1v) is 5.51. The highest BCUT2D eigenvalue weighted by atomic mass is 16.6. The van der Waals surface area contributed by atoms with E-state index in [0.717, 1.165) is 12.8 Å². The number of ether oxygens (including phenoxy) is 2. The molecule has 0 bridgehead atoms. The number of carbonyl (C=O) groups is 2. The van der Waals surface area contributed by atoms with E-state index in [-0.39, 0.29) is 12.2 Å². The molecule has 16 heavy (non-hydrogen) atoms. The minimum atomic E-state index is -0.424. The summed E-state index contributed by atoms with van der Waals surface area (Å²) in [7, 11) is 0. The van der Waals surface area contributed by atoms with Gasteiger partial charge < -0.3 is 9.47 Å². The van der Waals surface area contributed by atoms with Crippen molar-refractivity contribution < 1.29 is 19.1 Å². The molecule has 2 aliphatic heterocycles. The second-order valence-corrected chi connectivity index (χ2v) is 3.86. The number of hydrogen-bond acceptors (Lipinski definition) is 4. The summed E-state index contributed by atoms with van der Waals surface area (Å²) >= 11 is 0. The second kappa shape index (κ2) is 4.12. The predicted octanol–water partition coefficient (Wildman–Crippen LogP) is 1.51. The van der Waals surface area contributed by atoms with E-state index < -0.39 is 11.9 Å². The predicted molar refractivity (Wildman–Crippen MR) is 56.5 cm³/mol. The minimum absolute atomic E-state index is 0.211. The van der Waals surface area contributed by atoms with Crippen molar-refractivity contribution in [1.29, 1.82) is 0 Å². The molecule has 0 spiro atoms. The SMILES string of the molecule is CC[C@H]1C=C(C2=C[C@H](CC)OC2=O)C(=O)O1. The number of cyclic esters (lactones) is 2. The summed E-state index contributed by atoms with van der Waals surface area (Å²) in [6, 6.07) is 0. The maximum atomic E-state index is 11.5. The van der Waals surface area contributed by atoms with E-state index >= 15 is 0 Å². The maximum absolute atomic E-state index is 11.5. The molecule has 0 N–H and O–H groups in total. The highest BCUT2D eigenvalue weighted by Crippen LogP contribution is 2.28. The Kier molecular flexibility index (Phi) is 2.81. The Labute approximate surface area is 93.9 Å². The van der Waals surface area contributed by atoms with E-state index in [9.17, 15) is 9.59 Å². The summed E-state index contributed by atoms with van der Waals surface area (Å²) in [5.41, 5.74) is 0.709. The van der Waals surface area contributed by atoms with Crippen LogP contribution in [0.1, 0.15) is 26.7 Å². The van der Waals surface area contributed by atoms with Crippen molar-refractivity contribution in [3.05, 3.63) is 23.3 Å². The largest absolute Gasteiger partial charge is 0.455 e. The van der Waals surface area contributed by atoms with Crippen LogP contribution in [0.25, 0.3) is 0 Å². The lowest BCUT2D eigenvalue weighted by molar-refractivity contribution is -0.142. The highest BCUT2D eigenvalue weighted by Gasteiger charge is 2.35. The Morgan fingerprint density at radius 3 is 1.56 bits per heavy atom. The summed E-state index contributed by atoms with van der Waals surface area (Å²) in [6.45, 7) is 3.85. The lowest BCUT2D eigenvalue weighted by atomic mass is 10.1. The van der Waals surface area contributed by atoms with Gasteiger partial charge in [0.15, 0.2) is 0 Å². The molecule has 2 aliphatic rings. The van der Waals surface area contributed by atoms with Crippen molar-refractivity contribution in [3.8, 4) is 0 Å². The van der Waals surface area contributed by atoms with E-state index in [1.807, 2.05) is 13.8 Å². The summed E-state index contributed by atoms with van der Waals surface area (Å²) in [5, 5.41) is 0. The van der Waals surface area contributed by atoms with Crippen LogP contribution in [0.5, 0.6) is 0 Å².